The highest BCUT2D eigenvalue weighted by atomic mass is 16.3. The molecule has 0 saturated heterocycles. The maximum Gasteiger partial charge on any atom is 0.134 e. The molecular weight excluding hydrogens is 250 g/mol. The zero-order chi connectivity index (χ0) is 13.9. The maximum absolute atomic E-state index is 9.44. The molecule has 1 unspecified atom stereocenters. The quantitative estimate of drug-likeness (QED) is 0.751. The van der Waals surface area contributed by atoms with E-state index in [1.165, 1.54) is 0 Å². The summed E-state index contributed by atoms with van der Waals surface area (Å²) in [4.78, 5) is 0. The number of furan rings is 1. The normalized spacial score (nSPS) is 12.7. The molecule has 0 aliphatic rings. The molecule has 3 aromatic rings. The third-order valence-electron chi connectivity index (χ3n) is 3.39. The number of benzene rings is 2. The molecule has 0 spiro atoms. The Balaban J connectivity index is 1.71. The van der Waals surface area contributed by atoms with E-state index in [1.807, 2.05) is 36.4 Å². The summed E-state index contributed by atoms with van der Waals surface area (Å²) in [7, 11) is 0. The van der Waals surface area contributed by atoms with E-state index in [-0.39, 0.29) is 6.04 Å². The average molecular weight is 267 g/mol. The van der Waals surface area contributed by atoms with Gasteiger partial charge in [-0.1, -0.05) is 30.3 Å². The summed E-state index contributed by atoms with van der Waals surface area (Å²) in [6.45, 7) is 2.76. The second-order valence-corrected chi connectivity index (χ2v) is 4.96. The SMILES string of the molecule is CC(NCc1cccc(O)c1)c1cc2ccccc2o1. The number of para-hydroxylation sites is 1. The second-order valence-electron chi connectivity index (χ2n) is 4.96. The van der Waals surface area contributed by atoms with Gasteiger partial charge in [0.05, 0.1) is 6.04 Å². The van der Waals surface area contributed by atoms with Crippen LogP contribution in [0.5, 0.6) is 5.75 Å². The molecule has 0 saturated carbocycles. The number of aromatic hydroxyl groups is 1. The van der Waals surface area contributed by atoms with Crippen molar-refractivity contribution in [1.82, 2.24) is 5.32 Å². The van der Waals surface area contributed by atoms with Gasteiger partial charge in [-0.05, 0) is 36.8 Å². The van der Waals surface area contributed by atoms with Crippen molar-refractivity contribution >= 4 is 11.0 Å². The number of fused-ring (bicyclic) bond motifs is 1. The largest absolute Gasteiger partial charge is 0.508 e. The van der Waals surface area contributed by atoms with Crippen molar-refractivity contribution in [3.8, 4) is 5.75 Å². The first-order chi connectivity index (χ1) is 9.72. The third kappa shape index (κ3) is 2.68. The first-order valence-electron chi connectivity index (χ1n) is 6.72. The number of hydrogen-bond acceptors (Lipinski definition) is 3. The molecule has 102 valence electrons. The Bertz CT molecular complexity index is 685. The summed E-state index contributed by atoms with van der Waals surface area (Å²) in [5, 5.41) is 14.0. The van der Waals surface area contributed by atoms with Crippen molar-refractivity contribution in [2.75, 3.05) is 0 Å². The van der Waals surface area contributed by atoms with Gasteiger partial charge in [-0.15, -0.1) is 0 Å². The van der Waals surface area contributed by atoms with Crippen LogP contribution in [-0.4, -0.2) is 5.11 Å². The van der Waals surface area contributed by atoms with E-state index < -0.39 is 0 Å². The highest BCUT2D eigenvalue weighted by molar-refractivity contribution is 5.77. The van der Waals surface area contributed by atoms with Crippen molar-refractivity contribution in [2.24, 2.45) is 0 Å². The number of nitrogens with one attached hydrogen (secondary N) is 1. The zero-order valence-electron chi connectivity index (χ0n) is 11.3. The van der Waals surface area contributed by atoms with E-state index >= 15 is 0 Å². The molecule has 0 radical (unpaired) electrons. The lowest BCUT2D eigenvalue weighted by molar-refractivity contribution is 0.449. The summed E-state index contributed by atoms with van der Waals surface area (Å²) in [6.07, 6.45) is 0. The van der Waals surface area contributed by atoms with E-state index in [9.17, 15) is 5.11 Å². The van der Waals surface area contributed by atoms with E-state index in [0.717, 1.165) is 22.3 Å². The first-order valence-corrected chi connectivity index (χ1v) is 6.72. The van der Waals surface area contributed by atoms with Gasteiger partial charge in [0.25, 0.3) is 0 Å². The van der Waals surface area contributed by atoms with Gasteiger partial charge in [0.15, 0.2) is 0 Å². The summed E-state index contributed by atoms with van der Waals surface area (Å²) in [6, 6.07) is 17.4. The van der Waals surface area contributed by atoms with E-state index in [1.54, 1.807) is 12.1 Å². The zero-order valence-corrected chi connectivity index (χ0v) is 11.3. The molecule has 2 N–H and O–H groups in total. The Morgan fingerprint density at radius 3 is 2.75 bits per heavy atom. The molecule has 2 aromatic carbocycles. The van der Waals surface area contributed by atoms with Crippen LogP contribution in [0.4, 0.5) is 0 Å². The van der Waals surface area contributed by atoms with Crippen LogP contribution in [0.25, 0.3) is 11.0 Å². The van der Waals surface area contributed by atoms with Crippen LogP contribution < -0.4 is 5.32 Å². The summed E-state index contributed by atoms with van der Waals surface area (Å²) >= 11 is 0. The Morgan fingerprint density at radius 1 is 1.10 bits per heavy atom. The van der Waals surface area contributed by atoms with Gasteiger partial charge < -0.3 is 14.8 Å². The molecule has 1 atom stereocenters. The highest BCUT2D eigenvalue weighted by Gasteiger charge is 2.10. The minimum atomic E-state index is 0.116. The monoisotopic (exact) mass is 267 g/mol. The Labute approximate surface area is 117 Å². The lowest BCUT2D eigenvalue weighted by Crippen LogP contribution is -2.17. The van der Waals surface area contributed by atoms with Crippen LogP contribution in [-0.2, 0) is 6.54 Å². The van der Waals surface area contributed by atoms with E-state index in [0.29, 0.717) is 12.3 Å². The summed E-state index contributed by atoms with van der Waals surface area (Å²) < 4.78 is 5.83. The molecule has 0 amide bonds. The minimum Gasteiger partial charge on any atom is -0.508 e. The van der Waals surface area contributed by atoms with Crippen LogP contribution in [0.1, 0.15) is 24.3 Å². The van der Waals surface area contributed by atoms with Crippen LogP contribution in [0.2, 0.25) is 0 Å². The smallest absolute Gasteiger partial charge is 0.134 e. The third-order valence-corrected chi connectivity index (χ3v) is 3.39. The summed E-state index contributed by atoms with van der Waals surface area (Å²) in [5.74, 6) is 1.21. The van der Waals surface area contributed by atoms with E-state index in [2.05, 4.69) is 18.3 Å². The summed E-state index contributed by atoms with van der Waals surface area (Å²) in [5.41, 5.74) is 1.96. The van der Waals surface area contributed by atoms with Crippen LogP contribution in [0.3, 0.4) is 0 Å². The number of phenolic OH excluding ortho intramolecular Hbond substituents is 1. The van der Waals surface area contributed by atoms with Crippen molar-refractivity contribution in [2.45, 2.75) is 19.5 Å². The fourth-order valence-electron chi connectivity index (χ4n) is 2.25. The van der Waals surface area contributed by atoms with Crippen molar-refractivity contribution in [3.63, 3.8) is 0 Å². The Kier molecular flexibility index (Phi) is 3.44. The molecule has 3 rings (SSSR count). The fourth-order valence-corrected chi connectivity index (χ4v) is 2.25. The van der Waals surface area contributed by atoms with Gasteiger partial charge in [0.1, 0.15) is 17.1 Å². The maximum atomic E-state index is 9.44. The number of rotatable bonds is 4. The second kappa shape index (κ2) is 5.39. The van der Waals surface area contributed by atoms with Crippen molar-refractivity contribution in [3.05, 3.63) is 65.9 Å². The molecule has 3 heteroatoms. The molecule has 1 aromatic heterocycles. The average Bonchev–Trinajstić information content (AvgIpc) is 2.89. The highest BCUT2D eigenvalue weighted by Crippen LogP contribution is 2.23. The molecule has 0 bridgehead atoms. The van der Waals surface area contributed by atoms with Crippen molar-refractivity contribution < 1.29 is 9.52 Å². The fraction of sp³-hybridized carbons (Fsp3) is 0.176. The molecule has 0 aliphatic heterocycles. The Hall–Kier alpha value is -2.26. The lowest BCUT2D eigenvalue weighted by atomic mass is 10.2. The first kappa shape index (κ1) is 12.8. The number of hydrogen-bond donors (Lipinski definition) is 2. The molecule has 20 heavy (non-hydrogen) atoms. The predicted molar refractivity (Wildman–Crippen MR) is 79.6 cm³/mol. The van der Waals surface area contributed by atoms with Gasteiger partial charge in [-0.25, -0.2) is 0 Å². The Morgan fingerprint density at radius 2 is 1.95 bits per heavy atom. The standard InChI is InChI=1S/C17H17NO2/c1-12(18-11-13-5-4-7-15(19)9-13)17-10-14-6-2-3-8-16(14)20-17/h2-10,12,18-19H,11H2,1H3. The molecule has 0 fully saturated rings. The number of phenols is 1. The molecule has 0 aliphatic carbocycles. The van der Waals surface area contributed by atoms with Gasteiger partial charge >= 0.3 is 0 Å². The lowest BCUT2D eigenvalue weighted by Gasteiger charge is -2.11. The predicted octanol–water partition coefficient (Wildman–Crippen LogP) is 3.99. The molecular formula is C17H17NO2. The topological polar surface area (TPSA) is 45.4 Å². The van der Waals surface area contributed by atoms with E-state index in [4.69, 9.17) is 4.42 Å². The van der Waals surface area contributed by atoms with Crippen LogP contribution >= 0.6 is 0 Å². The molecule has 1 heterocycles. The van der Waals surface area contributed by atoms with Gasteiger partial charge in [0.2, 0.25) is 0 Å². The molecule has 3 nitrogen and oxygen atoms in total. The van der Waals surface area contributed by atoms with Gasteiger partial charge in [0, 0.05) is 11.9 Å². The van der Waals surface area contributed by atoms with Crippen LogP contribution in [0.15, 0.2) is 59.0 Å². The van der Waals surface area contributed by atoms with Crippen molar-refractivity contribution in [1.29, 1.82) is 0 Å². The minimum absolute atomic E-state index is 0.116. The van der Waals surface area contributed by atoms with Gasteiger partial charge in [-0.3, -0.25) is 0 Å². The van der Waals surface area contributed by atoms with Gasteiger partial charge in [-0.2, -0.15) is 0 Å². The van der Waals surface area contributed by atoms with Crippen LogP contribution in [0, 0.1) is 0 Å².